The van der Waals surface area contributed by atoms with Crippen LogP contribution in [0.25, 0.3) is 67.2 Å². The molecule has 0 saturated carbocycles. The van der Waals surface area contributed by atoms with Gasteiger partial charge in [-0.05, 0) is 150 Å². The molecule has 7 aromatic rings. The lowest BCUT2D eigenvalue weighted by Crippen LogP contribution is -2.64. The van der Waals surface area contributed by atoms with Crippen LogP contribution < -0.4 is 20.7 Å². The third-order valence-corrected chi connectivity index (χ3v) is 41.7. The molecule has 10 heterocycles. The van der Waals surface area contributed by atoms with Gasteiger partial charge in [-0.2, -0.15) is 0 Å². The minimum Gasteiger partial charge on any atom is -0.421 e. The molecule has 0 radical (unpaired) electrons. The highest BCUT2D eigenvalue weighted by molar-refractivity contribution is 7.28. The maximum Gasteiger partial charge on any atom is 0.442 e. The molecule has 6 aromatic heterocycles. The van der Waals surface area contributed by atoms with E-state index in [0.29, 0.717) is 45.5 Å². The Morgan fingerprint density at radius 1 is 0.671 bits per heavy atom. The fourth-order valence-corrected chi connectivity index (χ4v) is 40.8. The minimum atomic E-state index is -3.22. The van der Waals surface area contributed by atoms with E-state index in [1.807, 2.05) is 65.0 Å². The summed E-state index contributed by atoms with van der Waals surface area (Å²) in [5.74, 6) is 0.289. The van der Waals surface area contributed by atoms with Gasteiger partial charge in [-0.3, -0.25) is 23.7 Å². The van der Waals surface area contributed by atoms with E-state index in [1.54, 1.807) is 62.1 Å². The van der Waals surface area contributed by atoms with Crippen molar-refractivity contribution in [1.82, 2.24) is 14.4 Å². The van der Waals surface area contributed by atoms with Gasteiger partial charge < -0.3 is 18.0 Å². The van der Waals surface area contributed by atoms with Crippen LogP contribution in [0.2, 0.25) is 64.5 Å². The zero-order valence-corrected chi connectivity index (χ0v) is 59.6. The number of nitrogens with zero attached hydrogens (tertiary/aromatic N) is 3. The lowest BCUT2D eigenvalue weighted by atomic mass is 10.0. The van der Waals surface area contributed by atoms with E-state index >= 15 is 0 Å². The number of rotatable bonds is 21. The molecule has 3 amide bonds. The van der Waals surface area contributed by atoms with E-state index in [1.165, 1.54) is 95.1 Å². The smallest absolute Gasteiger partial charge is 0.421 e. The van der Waals surface area contributed by atoms with Crippen molar-refractivity contribution in [1.29, 1.82) is 0 Å². The van der Waals surface area contributed by atoms with E-state index in [4.69, 9.17) is 8.23 Å². The van der Waals surface area contributed by atoms with Gasteiger partial charge >= 0.3 is 8.72 Å². The molecular weight excluding hydrogens is 1220 g/mol. The zero-order valence-electron chi connectivity index (χ0n) is 49.6. The third kappa shape index (κ3) is 10.2. The summed E-state index contributed by atoms with van der Waals surface area (Å²) < 4.78 is 15.7. The van der Waals surface area contributed by atoms with Gasteiger partial charge in [-0.1, -0.05) is 84.7 Å². The van der Waals surface area contributed by atoms with E-state index < -0.39 is 42.2 Å². The predicted molar refractivity (Wildman–Crippen MR) is 365 cm³/mol. The molecular formula is C62H73N3O6S6Si5. The van der Waals surface area contributed by atoms with Gasteiger partial charge in [0.2, 0.25) is 5.91 Å². The number of hydrogen-bond acceptors (Lipinski definition) is 12. The largest absolute Gasteiger partial charge is 0.442 e. The van der Waals surface area contributed by atoms with Gasteiger partial charge in [0.1, 0.15) is 16.9 Å². The number of unbranched alkanes of at least 4 members (excludes halogenated alkanes) is 1. The molecule has 9 nitrogen and oxygen atoms in total. The molecule has 82 heavy (non-hydrogen) atoms. The molecule has 4 aliphatic rings. The molecule has 3 atom stereocenters. The van der Waals surface area contributed by atoms with Gasteiger partial charge in [-0.15, -0.1) is 68.0 Å². The number of fused-ring (bicyclic) bond motifs is 7. The number of thiophene rings is 6. The molecule has 0 aliphatic carbocycles. The molecule has 3 unspecified atom stereocenters. The van der Waals surface area contributed by atoms with Crippen LogP contribution in [0, 0.1) is 5.92 Å². The summed E-state index contributed by atoms with van der Waals surface area (Å²) in [4.78, 5) is 70.6. The summed E-state index contributed by atoms with van der Waals surface area (Å²) in [6.45, 7) is 31.3. The first-order valence-corrected chi connectivity index (χ1v) is 47.4. The Bertz CT molecular complexity index is 3820. The molecule has 1 aromatic carbocycles. The Labute approximate surface area is 513 Å². The van der Waals surface area contributed by atoms with E-state index in [-0.39, 0.29) is 17.7 Å². The number of aldehydes is 1. The summed E-state index contributed by atoms with van der Waals surface area (Å²) in [5.41, 5.74) is 5.82. The summed E-state index contributed by atoms with van der Waals surface area (Å²) in [6.07, 6.45) is 6.08. The molecule has 0 saturated heterocycles. The quantitative estimate of drug-likeness (QED) is 0.0525. The number of carbonyl (C=O) groups excluding carboxylic acids is 4. The average Bonchev–Trinajstić information content (AvgIpc) is 2.73. The topological polar surface area (TPSA) is 96.5 Å². The molecule has 0 spiro atoms. The second-order valence-electron chi connectivity index (χ2n) is 24.4. The predicted octanol–water partition coefficient (Wildman–Crippen LogP) is 15.1. The highest BCUT2D eigenvalue weighted by Crippen LogP contribution is 2.52. The third-order valence-electron chi connectivity index (χ3n) is 16.6. The second-order valence-corrected chi connectivity index (χ2v) is 50.2. The maximum absolute atomic E-state index is 14.4. The Hall–Kier alpha value is -4.28. The van der Waals surface area contributed by atoms with Crippen molar-refractivity contribution < 1.29 is 27.4 Å². The highest BCUT2D eigenvalue weighted by Gasteiger charge is 2.52. The molecule has 4 aliphatic heterocycles. The second kappa shape index (κ2) is 22.2. The minimum absolute atomic E-state index is 0.0124. The summed E-state index contributed by atoms with van der Waals surface area (Å²) in [5, 5.41) is 6.27. The first-order chi connectivity index (χ1) is 38.9. The number of hydrogen-bond donors (Lipinski definition) is 0. The first-order valence-electron chi connectivity index (χ1n) is 28.7. The Kier molecular flexibility index (Phi) is 16.1. The van der Waals surface area contributed by atoms with Crippen LogP contribution in [0.5, 0.6) is 0 Å². The van der Waals surface area contributed by atoms with Crippen molar-refractivity contribution in [3.63, 3.8) is 0 Å². The number of amides is 3. The fraction of sp³-hybridized carbons (Fsp3) is 0.355. The van der Waals surface area contributed by atoms with Gasteiger partial charge in [0.25, 0.3) is 11.8 Å². The molecule has 0 bridgehead atoms. The number of benzene rings is 1. The number of likely N-dealkylation sites (N-methyl/N-ethyl adjacent to an activating group) is 2. The highest BCUT2D eigenvalue weighted by atomic mass is 32.1. The van der Waals surface area contributed by atoms with E-state index in [9.17, 15) is 19.2 Å². The standard InChI is InChI=1S/C62H73N3O6S6Si5/c1-16-20-21-37(17-2)35-82(19-4)52-31-39-50(78(8)51-32-48(76-59(39)51)44-25-24-41(73-44)36(5)65(54(67)18-3)81(15,70-79(9,10)11)71-80(12,13)14)30-40(52)60-53(82)33-49(77-60)45-27-29-47(75-45)58-56-55(61(68)64(58)7)57(63(6)62(56)69)46-28-26-43(74-46)42-23-22-38(34-66)72-42/h22-34,37,78H,5,16-21,35H2,1-4,6-15H3. The van der Waals surface area contributed by atoms with Crippen LogP contribution in [0.3, 0.4) is 0 Å². The average molecular weight is 1290 g/mol. The maximum atomic E-state index is 14.4. The fourth-order valence-electron chi connectivity index (χ4n) is 13.0. The van der Waals surface area contributed by atoms with Crippen molar-refractivity contribution in [3.05, 3.63) is 110 Å². The normalized spacial score (nSPS) is 18.0. The summed E-state index contributed by atoms with van der Waals surface area (Å²) in [6, 6.07) is 29.2. The van der Waals surface area contributed by atoms with E-state index in [2.05, 4.69) is 122 Å². The van der Waals surface area contributed by atoms with Crippen LogP contribution in [0.1, 0.15) is 84.1 Å². The lowest BCUT2D eigenvalue weighted by Gasteiger charge is -2.44. The molecule has 0 N–H and O–H groups in total. The van der Waals surface area contributed by atoms with Crippen LogP contribution in [0.4, 0.5) is 0 Å². The van der Waals surface area contributed by atoms with Gasteiger partial charge in [0.15, 0.2) is 22.9 Å². The SMILES string of the molecule is C=C(c1ccc(-c2cc3c(s2)-c2cc4c(cc2[SiH]3C)-c2sc(-c3ccc(C5=C6C(=O)N(C)C(c7ccc(-c8ccc(C=O)s8)s7)=C6C(=O)N5C)s3)cc2[Si]4(CC)CC(CC)CCCC)s1)N(C(=O)CC)[Si](C)(O[Si](C)(C)C)O[Si](C)(C)C. The zero-order chi connectivity index (χ0) is 58.7. The summed E-state index contributed by atoms with van der Waals surface area (Å²) >= 11 is 10.2. The van der Waals surface area contributed by atoms with Crippen LogP contribution in [0.15, 0.2) is 90.5 Å². The van der Waals surface area contributed by atoms with Gasteiger partial charge in [-0.25, -0.2) is 0 Å². The molecule has 20 heteroatoms. The van der Waals surface area contributed by atoms with Gasteiger partial charge in [0.05, 0.1) is 42.0 Å². The van der Waals surface area contributed by atoms with Crippen LogP contribution in [-0.4, -0.2) is 94.7 Å². The van der Waals surface area contributed by atoms with Crippen molar-refractivity contribution >= 4 is 172 Å². The Morgan fingerprint density at radius 3 is 1.78 bits per heavy atom. The van der Waals surface area contributed by atoms with Crippen molar-refractivity contribution in [2.24, 2.45) is 5.92 Å². The number of carbonyl (C=O) groups is 4. The van der Waals surface area contributed by atoms with Crippen LogP contribution in [-0.2, 0) is 22.6 Å². The lowest BCUT2D eigenvalue weighted by molar-refractivity contribution is -0.125. The Morgan fingerprint density at radius 2 is 1.22 bits per heavy atom. The van der Waals surface area contributed by atoms with Gasteiger partial charge in [0, 0.05) is 65.2 Å². The van der Waals surface area contributed by atoms with Crippen molar-refractivity contribution in [3.8, 4) is 50.1 Å². The van der Waals surface area contributed by atoms with E-state index in [0.717, 1.165) is 41.6 Å². The monoisotopic (exact) mass is 1290 g/mol. The van der Waals surface area contributed by atoms with Crippen molar-refractivity contribution in [2.45, 2.75) is 124 Å². The first kappa shape index (κ1) is 59.5. The Balaban J connectivity index is 0.943. The van der Waals surface area contributed by atoms with Crippen molar-refractivity contribution in [2.75, 3.05) is 14.1 Å². The van der Waals surface area contributed by atoms with Crippen LogP contribution >= 0.6 is 68.0 Å². The molecule has 428 valence electrons. The molecule has 11 rings (SSSR count). The summed E-state index contributed by atoms with van der Waals surface area (Å²) in [7, 11) is -7.80. The molecule has 0 fully saturated rings.